The first-order valence-corrected chi connectivity index (χ1v) is 7.78. The molecule has 1 aliphatic rings. The molecule has 1 aliphatic heterocycles. The topological polar surface area (TPSA) is 71.7 Å². The number of rotatable bonds is 6. The molecule has 2 heterocycles. The van der Waals surface area contributed by atoms with Crippen molar-refractivity contribution in [3.05, 3.63) is 4.88 Å². The highest BCUT2D eigenvalue weighted by atomic mass is 32.1. The molecular formula is C13H22N4O2S. The van der Waals surface area contributed by atoms with Crippen LogP contribution in [0.25, 0.3) is 0 Å². The molecule has 0 unspecified atom stereocenters. The number of carbonyl (C=O) groups is 1. The van der Waals surface area contributed by atoms with Crippen molar-refractivity contribution in [2.24, 2.45) is 0 Å². The third-order valence-electron chi connectivity index (χ3n) is 3.45. The van der Waals surface area contributed by atoms with Crippen molar-refractivity contribution in [3.63, 3.8) is 0 Å². The Morgan fingerprint density at radius 3 is 2.80 bits per heavy atom. The van der Waals surface area contributed by atoms with Crippen molar-refractivity contribution in [2.75, 3.05) is 50.5 Å². The minimum absolute atomic E-state index is 0.0509. The van der Waals surface area contributed by atoms with Crippen LogP contribution in [0, 0.1) is 0 Å². The molecule has 1 saturated heterocycles. The summed E-state index contributed by atoms with van der Waals surface area (Å²) in [5.41, 5.74) is 5.92. The third-order valence-corrected chi connectivity index (χ3v) is 4.57. The Kier molecular flexibility index (Phi) is 5.19. The lowest BCUT2D eigenvalue weighted by Gasteiger charge is -2.19. The number of nitrogens with two attached hydrogens (primary N) is 1. The number of nitrogens with zero attached hydrogens (tertiary/aromatic N) is 3. The number of methoxy groups -OCH3 is 1. The van der Waals surface area contributed by atoms with Gasteiger partial charge in [-0.05, 0) is 19.8 Å². The van der Waals surface area contributed by atoms with Crippen LogP contribution >= 0.6 is 11.3 Å². The number of aromatic nitrogens is 1. The second-order valence-electron chi connectivity index (χ2n) is 4.78. The number of amides is 1. The average Bonchev–Trinajstić information content (AvgIpc) is 3.08. The summed E-state index contributed by atoms with van der Waals surface area (Å²) in [6.45, 7) is 5.69. The highest BCUT2D eigenvalue weighted by Gasteiger charge is 2.24. The Bertz CT molecular complexity index is 457. The van der Waals surface area contributed by atoms with Crippen molar-refractivity contribution in [1.29, 1.82) is 0 Å². The zero-order chi connectivity index (χ0) is 14.5. The van der Waals surface area contributed by atoms with Gasteiger partial charge in [-0.3, -0.25) is 4.79 Å². The highest BCUT2D eigenvalue weighted by molar-refractivity contribution is 7.18. The van der Waals surface area contributed by atoms with Gasteiger partial charge in [-0.25, -0.2) is 4.98 Å². The largest absolute Gasteiger partial charge is 0.383 e. The maximum Gasteiger partial charge on any atom is 0.267 e. The SMILES string of the molecule is CCN(CCOC)C(=O)c1sc(N2CCCC2)nc1N. The van der Waals surface area contributed by atoms with E-state index in [9.17, 15) is 4.79 Å². The average molecular weight is 298 g/mol. The van der Waals surface area contributed by atoms with Gasteiger partial charge in [-0.2, -0.15) is 0 Å². The Morgan fingerprint density at radius 2 is 2.20 bits per heavy atom. The molecule has 7 heteroatoms. The van der Waals surface area contributed by atoms with Crippen LogP contribution in [-0.2, 0) is 4.74 Å². The molecule has 0 atom stereocenters. The molecule has 1 fully saturated rings. The second kappa shape index (κ2) is 6.90. The van der Waals surface area contributed by atoms with E-state index in [0.29, 0.717) is 30.4 Å². The second-order valence-corrected chi connectivity index (χ2v) is 5.76. The molecule has 1 aromatic rings. The standard InChI is InChI=1S/C13H22N4O2S/c1-3-16(8-9-19-2)12(18)10-11(14)15-13(20-10)17-6-4-5-7-17/h3-9,14H2,1-2H3. The number of hydrogen-bond donors (Lipinski definition) is 1. The lowest BCUT2D eigenvalue weighted by Crippen LogP contribution is -2.33. The number of likely N-dealkylation sites (N-methyl/N-ethyl adjacent to an activating group) is 1. The summed E-state index contributed by atoms with van der Waals surface area (Å²) in [5.74, 6) is 0.294. The maximum absolute atomic E-state index is 12.5. The number of carbonyl (C=O) groups excluding carboxylic acids is 1. The van der Waals surface area contributed by atoms with Gasteiger partial charge in [0.05, 0.1) is 6.61 Å². The molecule has 2 rings (SSSR count). The highest BCUT2D eigenvalue weighted by Crippen LogP contribution is 2.31. The zero-order valence-corrected chi connectivity index (χ0v) is 12.9. The van der Waals surface area contributed by atoms with Crippen molar-refractivity contribution in [2.45, 2.75) is 19.8 Å². The fourth-order valence-electron chi connectivity index (χ4n) is 2.27. The first-order chi connectivity index (χ1) is 9.67. The molecule has 1 aromatic heterocycles. The van der Waals surface area contributed by atoms with Crippen LogP contribution in [-0.4, -0.2) is 55.7 Å². The summed E-state index contributed by atoms with van der Waals surface area (Å²) in [5, 5.41) is 0.867. The van der Waals surface area contributed by atoms with Gasteiger partial charge in [0.1, 0.15) is 10.7 Å². The van der Waals surface area contributed by atoms with E-state index in [1.54, 1.807) is 12.0 Å². The van der Waals surface area contributed by atoms with Crippen LogP contribution < -0.4 is 10.6 Å². The fourth-order valence-corrected chi connectivity index (χ4v) is 3.27. The van der Waals surface area contributed by atoms with E-state index in [-0.39, 0.29) is 5.91 Å². The molecule has 0 aromatic carbocycles. The zero-order valence-electron chi connectivity index (χ0n) is 12.1. The summed E-state index contributed by atoms with van der Waals surface area (Å²) in [4.78, 5) is 21.3. The predicted molar refractivity (Wildman–Crippen MR) is 81.4 cm³/mol. The van der Waals surface area contributed by atoms with Crippen LogP contribution in [0.5, 0.6) is 0 Å². The van der Waals surface area contributed by atoms with Crippen LogP contribution in [0.2, 0.25) is 0 Å². The molecule has 20 heavy (non-hydrogen) atoms. The Labute approximate surface area is 123 Å². The predicted octanol–water partition coefficient (Wildman–Crippen LogP) is 1.43. The first kappa shape index (κ1) is 15.1. The van der Waals surface area contributed by atoms with Crippen LogP contribution in [0.4, 0.5) is 10.9 Å². The van der Waals surface area contributed by atoms with E-state index in [4.69, 9.17) is 10.5 Å². The Balaban J connectivity index is 2.12. The minimum Gasteiger partial charge on any atom is -0.383 e. The molecular weight excluding hydrogens is 276 g/mol. The molecule has 1 amide bonds. The molecule has 112 valence electrons. The van der Waals surface area contributed by atoms with E-state index < -0.39 is 0 Å². The van der Waals surface area contributed by atoms with Crippen LogP contribution in [0.15, 0.2) is 0 Å². The van der Waals surface area contributed by atoms with Gasteiger partial charge in [-0.15, -0.1) is 0 Å². The van der Waals surface area contributed by atoms with Crippen molar-refractivity contribution >= 4 is 28.2 Å². The fraction of sp³-hybridized carbons (Fsp3) is 0.692. The minimum atomic E-state index is -0.0509. The number of nitrogen functional groups attached to an aromatic ring is 1. The van der Waals surface area contributed by atoms with Gasteiger partial charge >= 0.3 is 0 Å². The monoisotopic (exact) mass is 298 g/mol. The van der Waals surface area contributed by atoms with Gasteiger partial charge in [0.25, 0.3) is 5.91 Å². The van der Waals surface area contributed by atoms with Crippen molar-refractivity contribution in [1.82, 2.24) is 9.88 Å². The lowest BCUT2D eigenvalue weighted by atomic mass is 10.4. The van der Waals surface area contributed by atoms with E-state index in [0.717, 1.165) is 18.2 Å². The van der Waals surface area contributed by atoms with E-state index in [2.05, 4.69) is 9.88 Å². The quantitative estimate of drug-likeness (QED) is 0.860. The lowest BCUT2D eigenvalue weighted by molar-refractivity contribution is 0.0712. The summed E-state index contributed by atoms with van der Waals surface area (Å²) in [6, 6.07) is 0. The van der Waals surface area contributed by atoms with Gasteiger partial charge in [0.15, 0.2) is 5.13 Å². The Morgan fingerprint density at radius 1 is 1.50 bits per heavy atom. The van der Waals surface area contributed by atoms with Gasteiger partial charge < -0.3 is 20.3 Å². The Hall–Kier alpha value is -1.34. The summed E-state index contributed by atoms with van der Waals surface area (Å²) in [6.07, 6.45) is 2.36. The van der Waals surface area contributed by atoms with Gasteiger partial charge in [-0.1, -0.05) is 11.3 Å². The normalized spacial score (nSPS) is 14.8. The molecule has 2 N–H and O–H groups in total. The van der Waals surface area contributed by atoms with E-state index in [1.807, 2.05) is 6.92 Å². The summed E-state index contributed by atoms with van der Waals surface area (Å²) in [7, 11) is 1.63. The van der Waals surface area contributed by atoms with Gasteiger partial charge in [0.2, 0.25) is 0 Å². The van der Waals surface area contributed by atoms with Crippen LogP contribution in [0.1, 0.15) is 29.4 Å². The summed E-state index contributed by atoms with van der Waals surface area (Å²) < 4.78 is 5.03. The molecule has 0 aliphatic carbocycles. The number of hydrogen-bond acceptors (Lipinski definition) is 6. The van der Waals surface area contributed by atoms with E-state index >= 15 is 0 Å². The molecule has 6 nitrogen and oxygen atoms in total. The van der Waals surface area contributed by atoms with Crippen molar-refractivity contribution < 1.29 is 9.53 Å². The smallest absolute Gasteiger partial charge is 0.267 e. The molecule has 0 bridgehead atoms. The van der Waals surface area contributed by atoms with Crippen LogP contribution in [0.3, 0.4) is 0 Å². The molecule has 0 spiro atoms. The maximum atomic E-state index is 12.5. The summed E-state index contributed by atoms with van der Waals surface area (Å²) >= 11 is 1.40. The molecule has 0 saturated carbocycles. The number of anilines is 2. The third kappa shape index (κ3) is 3.21. The van der Waals surface area contributed by atoms with Crippen molar-refractivity contribution in [3.8, 4) is 0 Å². The van der Waals surface area contributed by atoms with E-state index in [1.165, 1.54) is 24.2 Å². The van der Waals surface area contributed by atoms with Gasteiger partial charge in [0, 0.05) is 33.3 Å². The first-order valence-electron chi connectivity index (χ1n) is 6.96. The molecule has 0 radical (unpaired) electrons. The number of thiazole rings is 1. The number of ether oxygens (including phenoxy) is 1.